The molecular formula is C12H22N4O. The maximum absolute atomic E-state index is 8.89. The Hall–Kier alpha value is -0.910. The summed E-state index contributed by atoms with van der Waals surface area (Å²) in [6.45, 7) is 8.40. The van der Waals surface area contributed by atoms with Crippen LogP contribution < -0.4 is 0 Å². The molecule has 0 aromatic carbocycles. The molecule has 0 unspecified atom stereocenters. The number of aryl methyl sites for hydroxylation is 2. The molecule has 1 aliphatic rings. The third-order valence-electron chi connectivity index (χ3n) is 3.39. The van der Waals surface area contributed by atoms with E-state index in [4.69, 9.17) is 5.11 Å². The molecule has 0 spiro atoms. The first-order valence-corrected chi connectivity index (χ1v) is 6.23. The van der Waals surface area contributed by atoms with Crippen LogP contribution in [-0.2, 0) is 13.6 Å². The molecule has 0 atom stereocenters. The van der Waals surface area contributed by atoms with Crippen molar-refractivity contribution in [2.45, 2.75) is 13.5 Å². The molecule has 5 nitrogen and oxygen atoms in total. The fourth-order valence-electron chi connectivity index (χ4n) is 2.36. The van der Waals surface area contributed by atoms with E-state index in [0.717, 1.165) is 45.0 Å². The Labute approximate surface area is 103 Å². The Bertz CT molecular complexity index is 355. The average Bonchev–Trinajstić information content (AvgIpc) is 2.61. The first kappa shape index (κ1) is 12.5. The van der Waals surface area contributed by atoms with Gasteiger partial charge in [0.2, 0.25) is 0 Å². The highest BCUT2D eigenvalue weighted by molar-refractivity contribution is 5.15. The van der Waals surface area contributed by atoms with Crippen LogP contribution >= 0.6 is 0 Å². The van der Waals surface area contributed by atoms with Crippen molar-refractivity contribution >= 4 is 0 Å². The van der Waals surface area contributed by atoms with Gasteiger partial charge in [-0.25, -0.2) is 0 Å². The van der Waals surface area contributed by atoms with Gasteiger partial charge in [0.05, 0.1) is 12.3 Å². The number of aliphatic hydroxyl groups is 1. The highest BCUT2D eigenvalue weighted by Gasteiger charge is 2.17. The summed E-state index contributed by atoms with van der Waals surface area (Å²) in [7, 11) is 1.97. The average molecular weight is 238 g/mol. The predicted molar refractivity (Wildman–Crippen MR) is 66.7 cm³/mol. The van der Waals surface area contributed by atoms with Crippen molar-refractivity contribution < 1.29 is 5.11 Å². The summed E-state index contributed by atoms with van der Waals surface area (Å²) in [4.78, 5) is 4.77. The van der Waals surface area contributed by atoms with E-state index in [1.165, 1.54) is 5.56 Å². The molecule has 2 heterocycles. The van der Waals surface area contributed by atoms with E-state index in [1.807, 2.05) is 11.7 Å². The largest absolute Gasteiger partial charge is 0.395 e. The molecule has 1 fully saturated rings. The number of piperazine rings is 1. The molecule has 96 valence electrons. The van der Waals surface area contributed by atoms with Gasteiger partial charge in [0, 0.05) is 58.1 Å². The van der Waals surface area contributed by atoms with Crippen molar-refractivity contribution in [1.29, 1.82) is 0 Å². The molecule has 1 aromatic rings. The van der Waals surface area contributed by atoms with Crippen LogP contribution in [0.1, 0.15) is 11.3 Å². The third kappa shape index (κ3) is 3.28. The normalized spacial score (nSPS) is 18.8. The zero-order valence-electron chi connectivity index (χ0n) is 10.8. The van der Waals surface area contributed by atoms with E-state index in [9.17, 15) is 0 Å². The van der Waals surface area contributed by atoms with Gasteiger partial charge in [0.15, 0.2) is 0 Å². The number of hydrogen-bond donors (Lipinski definition) is 1. The number of rotatable bonds is 4. The monoisotopic (exact) mass is 238 g/mol. The first-order valence-electron chi connectivity index (χ1n) is 6.23. The van der Waals surface area contributed by atoms with Gasteiger partial charge < -0.3 is 5.11 Å². The molecule has 0 radical (unpaired) electrons. The van der Waals surface area contributed by atoms with Gasteiger partial charge in [0.1, 0.15) is 0 Å². The molecule has 5 heteroatoms. The summed E-state index contributed by atoms with van der Waals surface area (Å²) in [5.74, 6) is 0. The second kappa shape index (κ2) is 5.62. The summed E-state index contributed by atoms with van der Waals surface area (Å²) in [5, 5.41) is 13.3. The number of hydrogen-bond acceptors (Lipinski definition) is 4. The van der Waals surface area contributed by atoms with Gasteiger partial charge in [-0.15, -0.1) is 0 Å². The van der Waals surface area contributed by atoms with Gasteiger partial charge in [0.25, 0.3) is 0 Å². The Kier molecular flexibility index (Phi) is 4.15. The molecule has 0 bridgehead atoms. The summed E-state index contributed by atoms with van der Waals surface area (Å²) in [6, 6.07) is 0. The molecule has 17 heavy (non-hydrogen) atoms. The zero-order valence-corrected chi connectivity index (χ0v) is 10.8. The Balaban J connectivity index is 1.84. The van der Waals surface area contributed by atoms with Crippen molar-refractivity contribution in [2.24, 2.45) is 7.05 Å². The topological polar surface area (TPSA) is 44.5 Å². The minimum Gasteiger partial charge on any atom is -0.395 e. The van der Waals surface area contributed by atoms with Gasteiger partial charge in [-0.1, -0.05) is 0 Å². The molecule has 1 saturated heterocycles. The van der Waals surface area contributed by atoms with E-state index in [2.05, 4.69) is 28.0 Å². The van der Waals surface area contributed by atoms with Gasteiger partial charge in [-0.2, -0.15) is 5.10 Å². The van der Waals surface area contributed by atoms with Crippen LogP contribution in [0.3, 0.4) is 0 Å². The van der Waals surface area contributed by atoms with E-state index in [-0.39, 0.29) is 6.61 Å². The molecule has 0 aliphatic carbocycles. The summed E-state index contributed by atoms with van der Waals surface area (Å²) in [6.07, 6.45) is 2.11. The van der Waals surface area contributed by atoms with Crippen molar-refractivity contribution in [3.8, 4) is 0 Å². The van der Waals surface area contributed by atoms with E-state index in [0.29, 0.717) is 0 Å². The van der Waals surface area contributed by atoms with Crippen molar-refractivity contribution in [3.05, 3.63) is 17.5 Å². The number of nitrogens with zero attached hydrogens (tertiary/aromatic N) is 4. The van der Waals surface area contributed by atoms with Crippen LogP contribution in [0.2, 0.25) is 0 Å². The van der Waals surface area contributed by atoms with Crippen LogP contribution in [0, 0.1) is 6.92 Å². The summed E-state index contributed by atoms with van der Waals surface area (Å²) < 4.78 is 1.88. The highest BCUT2D eigenvalue weighted by atomic mass is 16.3. The lowest BCUT2D eigenvalue weighted by Crippen LogP contribution is -2.46. The lowest BCUT2D eigenvalue weighted by Gasteiger charge is -2.34. The molecule has 2 rings (SSSR count). The number of aromatic nitrogens is 2. The SMILES string of the molecule is Cc1nn(C)cc1CN1CCN(CCO)CC1. The van der Waals surface area contributed by atoms with Crippen LogP contribution in [-0.4, -0.2) is 64.0 Å². The van der Waals surface area contributed by atoms with Gasteiger partial charge >= 0.3 is 0 Å². The Morgan fingerprint density at radius 1 is 1.24 bits per heavy atom. The smallest absolute Gasteiger partial charge is 0.0638 e. The third-order valence-corrected chi connectivity index (χ3v) is 3.39. The fourth-order valence-corrected chi connectivity index (χ4v) is 2.36. The second-order valence-electron chi connectivity index (χ2n) is 4.75. The minimum atomic E-state index is 0.266. The maximum atomic E-state index is 8.89. The standard InChI is InChI=1S/C12H22N4O/c1-11-12(9-14(2)13-11)10-16-5-3-15(4-6-16)7-8-17/h9,17H,3-8,10H2,1-2H3. The van der Waals surface area contributed by atoms with Crippen LogP contribution in [0.25, 0.3) is 0 Å². The molecule has 1 aromatic heterocycles. The van der Waals surface area contributed by atoms with Crippen LogP contribution in [0.4, 0.5) is 0 Å². The zero-order chi connectivity index (χ0) is 12.3. The molecule has 1 aliphatic heterocycles. The van der Waals surface area contributed by atoms with Crippen molar-refractivity contribution in [2.75, 3.05) is 39.3 Å². The second-order valence-corrected chi connectivity index (χ2v) is 4.75. The molecule has 0 amide bonds. The number of aliphatic hydroxyl groups excluding tert-OH is 1. The maximum Gasteiger partial charge on any atom is 0.0638 e. The van der Waals surface area contributed by atoms with Gasteiger partial charge in [-0.05, 0) is 6.92 Å². The van der Waals surface area contributed by atoms with E-state index < -0.39 is 0 Å². The molecular weight excluding hydrogens is 216 g/mol. The summed E-state index contributed by atoms with van der Waals surface area (Å²) in [5.41, 5.74) is 2.45. The lowest BCUT2D eigenvalue weighted by molar-refractivity contribution is 0.108. The van der Waals surface area contributed by atoms with Crippen molar-refractivity contribution in [3.63, 3.8) is 0 Å². The van der Waals surface area contributed by atoms with E-state index in [1.54, 1.807) is 0 Å². The Morgan fingerprint density at radius 3 is 2.41 bits per heavy atom. The van der Waals surface area contributed by atoms with E-state index >= 15 is 0 Å². The minimum absolute atomic E-state index is 0.266. The molecule has 0 saturated carbocycles. The van der Waals surface area contributed by atoms with Crippen LogP contribution in [0.15, 0.2) is 6.20 Å². The van der Waals surface area contributed by atoms with Crippen molar-refractivity contribution in [1.82, 2.24) is 19.6 Å². The highest BCUT2D eigenvalue weighted by Crippen LogP contribution is 2.11. The molecule has 1 N–H and O–H groups in total. The quantitative estimate of drug-likeness (QED) is 0.791. The number of β-amino-alcohol motifs (C(OH)–C–C–N with tert-alkyl or cyclic N) is 1. The van der Waals surface area contributed by atoms with Crippen LogP contribution in [0.5, 0.6) is 0 Å². The van der Waals surface area contributed by atoms with Gasteiger partial charge in [-0.3, -0.25) is 14.5 Å². The first-order chi connectivity index (χ1) is 8.19. The Morgan fingerprint density at radius 2 is 1.88 bits per heavy atom. The summed E-state index contributed by atoms with van der Waals surface area (Å²) >= 11 is 0. The lowest BCUT2D eigenvalue weighted by atomic mass is 10.2. The predicted octanol–water partition coefficient (Wildman–Crippen LogP) is -0.162. The fraction of sp³-hybridized carbons (Fsp3) is 0.750.